The van der Waals surface area contributed by atoms with Crippen molar-refractivity contribution in [3.05, 3.63) is 59.4 Å². The minimum atomic E-state index is -0.301. The van der Waals surface area contributed by atoms with Crippen LogP contribution in [0, 0.1) is 11.7 Å². The van der Waals surface area contributed by atoms with Gasteiger partial charge in [-0.2, -0.15) is 0 Å². The van der Waals surface area contributed by atoms with E-state index in [-0.39, 0.29) is 23.5 Å². The maximum absolute atomic E-state index is 13.0. The number of methoxy groups -OCH3 is 2. The number of rotatable bonds is 7. The molecule has 0 radical (unpaired) electrons. The van der Waals surface area contributed by atoms with Crippen LogP contribution in [0.1, 0.15) is 22.3 Å². The van der Waals surface area contributed by atoms with Gasteiger partial charge >= 0.3 is 0 Å². The van der Waals surface area contributed by atoms with E-state index in [9.17, 15) is 14.0 Å². The van der Waals surface area contributed by atoms with E-state index < -0.39 is 0 Å². The molecule has 2 aromatic rings. The van der Waals surface area contributed by atoms with Gasteiger partial charge < -0.3 is 19.7 Å². The Kier molecular flexibility index (Phi) is 6.13. The van der Waals surface area contributed by atoms with Crippen molar-refractivity contribution in [1.29, 1.82) is 0 Å². The molecule has 0 spiro atoms. The van der Waals surface area contributed by atoms with Crippen LogP contribution in [0.15, 0.2) is 42.5 Å². The van der Waals surface area contributed by atoms with Crippen molar-refractivity contribution in [2.24, 2.45) is 5.92 Å². The molecule has 1 atom stereocenters. The summed E-state index contributed by atoms with van der Waals surface area (Å²) in [6.45, 7) is 1.36. The molecule has 1 fully saturated rings. The quantitative estimate of drug-likeness (QED) is 0.794. The molecular weight excluding hydrogens is 363 g/mol. The Balaban J connectivity index is 1.57. The summed E-state index contributed by atoms with van der Waals surface area (Å²) in [6, 6.07) is 11.2. The van der Waals surface area contributed by atoms with Crippen LogP contribution < -0.4 is 14.8 Å². The summed E-state index contributed by atoms with van der Waals surface area (Å²) in [6.07, 6.45) is 0.372. The summed E-state index contributed by atoms with van der Waals surface area (Å²) in [4.78, 5) is 26.5. The molecule has 0 bridgehead atoms. The summed E-state index contributed by atoms with van der Waals surface area (Å²) >= 11 is 0. The lowest BCUT2D eigenvalue weighted by Gasteiger charge is -2.17. The van der Waals surface area contributed by atoms with Crippen LogP contribution in [0.4, 0.5) is 4.39 Å². The van der Waals surface area contributed by atoms with Gasteiger partial charge in [0, 0.05) is 32.0 Å². The Hall–Kier alpha value is -3.09. The van der Waals surface area contributed by atoms with E-state index in [0.29, 0.717) is 43.1 Å². The van der Waals surface area contributed by atoms with Crippen LogP contribution in [-0.4, -0.2) is 44.0 Å². The van der Waals surface area contributed by atoms with Crippen molar-refractivity contribution >= 4 is 11.8 Å². The predicted octanol–water partition coefficient (Wildman–Crippen LogP) is 2.62. The number of nitrogens with zero attached hydrogens (tertiary/aromatic N) is 1. The van der Waals surface area contributed by atoms with Crippen LogP contribution in [-0.2, 0) is 11.3 Å². The molecule has 1 aliphatic heterocycles. The summed E-state index contributed by atoms with van der Waals surface area (Å²) in [5.41, 5.74) is 1.26. The number of hydrogen-bond donors (Lipinski definition) is 1. The van der Waals surface area contributed by atoms with Crippen LogP contribution in [0.2, 0.25) is 0 Å². The average molecular weight is 386 g/mol. The first-order chi connectivity index (χ1) is 13.5. The molecule has 28 heavy (non-hydrogen) atoms. The van der Waals surface area contributed by atoms with Crippen LogP contribution in [0.5, 0.6) is 11.5 Å². The highest BCUT2D eigenvalue weighted by molar-refractivity contribution is 5.97. The average Bonchev–Trinajstić information content (AvgIpc) is 3.06. The maximum atomic E-state index is 13.0. The Bertz CT molecular complexity index is 854. The van der Waals surface area contributed by atoms with E-state index in [1.807, 2.05) is 0 Å². The van der Waals surface area contributed by atoms with Crippen LogP contribution in [0.25, 0.3) is 0 Å². The zero-order valence-electron chi connectivity index (χ0n) is 15.9. The lowest BCUT2D eigenvalue weighted by molar-refractivity contribution is -0.128. The molecule has 1 unspecified atom stereocenters. The molecule has 1 aliphatic rings. The lowest BCUT2D eigenvalue weighted by atomic mass is 10.1. The fraction of sp³-hybridized carbons (Fsp3) is 0.333. The first kappa shape index (κ1) is 19.7. The summed E-state index contributed by atoms with van der Waals surface area (Å²) in [5.74, 6) is 0.334. The van der Waals surface area contributed by atoms with Gasteiger partial charge in [0.1, 0.15) is 5.82 Å². The molecular formula is C21H23FN2O4. The van der Waals surface area contributed by atoms with Crippen molar-refractivity contribution in [1.82, 2.24) is 10.2 Å². The number of hydrogen-bond acceptors (Lipinski definition) is 4. The van der Waals surface area contributed by atoms with Gasteiger partial charge in [-0.15, -0.1) is 0 Å². The van der Waals surface area contributed by atoms with Crippen molar-refractivity contribution in [2.75, 3.05) is 27.3 Å². The second-order valence-electron chi connectivity index (χ2n) is 6.72. The number of carbonyl (C=O) groups is 2. The second-order valence-corrected chi connectivity index (χ2v) is 6.72. The number of halogens is 1. The number of likely N-dealkylation sites (tertiary alicyclic amines) is 1. The highest BCUT2D eigenvalue weighted by atomic mass is 19.1. The predicted molar refractivity (Wildman–Crippen MR) is 102 cm³/mol. The minimum absolute atomic E-state index is 0.0218. The summed E-state index contributed by atoms with van der Waals surface area (Å²) < 4.78 is 23.5. The maximum Gasteiger partial charge on any atom is 0.255 e. The van der Waals surface area contributed by atoms with Gasteiger partial charge in [-0.05, 0) is 29.8 Å². The van der Waals surface area contributed by atoms with Crippen molar-refractivity contribution in [3.63, 3.8) is 0 Å². The van der Waals surface area contributed by atoms with Gasteiger partial charge in [0.2, 0.25) is 5.91 Å². The standard InChI is InChI=1S/C21H23FN2O4/c1-27-18-5-3-4-17(20(18)28-2)21(26)23-11-15-10-19(25)24(13-15)12-14-6-8-16(22)9-7-14/h3-9,15H,10-13H2,1-2H3,(H,23,26). The fourth-order valence-corrected chi connectivity index (χ4v) is 3.35. The van der Waals surface area contributed by atoms with E-state index in [1.54, 1.807) is 35.2 Å². The molecule has 0 aliphatic carbocycles. The van der Waals surface area contributed by atoms with E-state index >= 15 is 0 Å². The Morgan fingerprint density at radius 1 is 1.18 bits per heavy atom. The highest BCUT2D eigenvalue weighted by Crippen LogP contribution is 2.30. The van der Waals surface area contributed by atoms with Gasteiger partial charge in [-0.3, -0.25) is 9.59 Å². The number of para-hydroxylation sites is 1. The third-order valence-corrected chi connectivity index (χ3v) is 4.78. The fourth-order valence-electron chi connectivity index (χ4n) is 3.35. The minimum Gasteiger partial charge on any atom is -0.493 e. The molecule has 7 heteroatoms. The molecule has 1 heterocycles. The molecule has 2 aromatic carbocycles. The topological polar surface area (TPSA) is 67.9 Å². The molecule has 0 aromatic heterocycles. The molecule has 1 saturated heterocycles. The van der Waals surface area contributed by atoms with Crippen molar-refractivity contribution in [3.8, 4) is 11.5 Å². The number of ether oxygens (including phenoxy) is 2. The van der Waals surface area contributed by atoms with Crippen molar-refractivity contribution in [2.45, 2.75) is 13.0 Å². The van der Waals surface area contributed by atoms with Gasteiger partial charge in [-0.1, -0.05) is 18.2 Å². The smallest absolute Gasteiger partial charge is 0.255 e. The zero-order chi connectivity index (χ0) is 20.1. The van der Waals surface area contributed by atoms with E-state index in [4.69, 9.17) is 9.47 Å². The molecule has 0 saturated carbocycles. The van der Waals surface area contributed by atoms with Crippen LogP contribution in [0.3, 0.4) is 0 Å². The van der Waals surface area contributed by atoms with Gasteiger partial charge in [-0.25, -0.2) is 4.39 Å². The third-order valence-electron chi connectivity index (χ3n) is 4.78. The zero-order valence-corrected chi connectivity index (χ0v) is 15.9. The number of amides is 2. The van der Waals surface area contributed by atoms with Gasteiger partial charge in [0.05, 0.1) is 19.8 Å². The number of nitrogens with one attached hydrogen (secondary N) is 1. The van der Waals surface area contributed by atoms with Crippen molar-refractivity contribution < 1.29 is 23.5 Å². The summed E-state index contributed by atoms with van der Waals surface area (Å²) in [7, 11) is 3.00. The van der Waals surface area contributed by atoms with E-state index in [1.165, 1.54) is 26.4 Å². The van der Waals surface area contributed by atoms with Gasteiger partial charge in [0.15, 0.2) is 11.5 Å². The summed E-state index contributed by atoms with van der Waals surface area (Å²) in [5, 5.41) is 2.88. The SMILES string of the molecule is COc1cccc(C(=O)NCC2CC(=O)N(Cc3ccc(F)cc3)C2)c1OC. The lowest BCUT2D eigenvalue weighted by Crippen LogP contribution is -2.31. The third kappa shape index (κ3) is 4.42. The second kappa shape index (κ2) is 8.73. The van der Waals surface area contributed by atoms with E-state index in [0.717, 1.165) is 5.56 Å². The normalized spacial score (nSPS) is 16.2. The molecule has 148 valence electrons. The molecule has 1 N–H and O–H groups in total. The van der Waals surface area contributed by atoms with E-state index in [2.05, 4.69) is 5.32 Å². The molecule has 3 rings (SSSR count). The monoisotopic (exact) mass is 386 g/mol. The highest BCUT2D eigenvalue weighted by Gasteiger charge is 2.30. The van der Waals surface area contributed by atoms with Gasteiger partial charge in [0.25, 0.3) is 5.91 Å². The number of carbonyl (C=O) groups excluding carboxylic acids is 2. The number of benzene rings is 2. The Morgan fingerprint density at radius 3 is 2.61 bits per heavy atom. The first-order valence-corrected chi connectivity index (χ1v) is 9.03. The Morgan fingerprint density at radius 2 is 1.93 bits per heavy atom. The Labute approximate surface area is 163 Å². The molecule has 6 nitrogen and oxygen atoms in total. The van der Waals surface area contributed by atoms with Crippen LogP contribution >= 0.6 is 0 Å². The first-order valence-electron chi connectivity index (χ1n) is 9.03. The molecule has 2 amide bonds. The largest absolute Gasteiger partial charge is 0.493 e.